The van der Waals surface area contributed by atoms with Gasteiger partial charge in [-0.15, -0.1) is 0 Å². The molecular formula is C11H12Cl2N2O. The quantitative estimate of drug-likeness (QED) is 0.829. The predicted molar refractivity (Wildman–Crippen MR) is 64.0 cm³/mol. The van der Waals surface area contributed by atoms with Crippen LogP contribution in [0.25, 0.3) is 0 Å². The summed E-state index contributed by atoms with van der Waals surface area (Å²) in [5.74, 6) is -0.237. The number of pyridine rings is 1. The number of carbonyl (C=O) groups is 1. The average molecular weight is 259 g/mol. The Morgan fingerprint density at radius 1 is 1.31 bits per heavy atom. The molecule has 0 aromatic carbocycles. The molecule has 0 radical (unpaired) electrons. The van der Waals surface area contributed by atoms with Crippen molar-refractivity contribution in [2.24, 2.45) is 0 Å². The normalized spacial score (nSPS) is 16.4. The van der Waals surface area contributed by atoms with Crippen molar-refractivity contribution in [3.05, 3.63) is 28.0 Å². The van der Waals surface area contributed by atoms with Crippen molar-refractivity contribution in [2.45, 2.75) is 31.7 Å². The highest BCUT2D eigenvalue weighted by molar-refractivity contribution is 6.34. The second-order valence-electron chi connectivity index (χ2n) is 3.92. The van der Waals surface area contributed by atoms with Gasteiger partial charge in [0.2, 0.25) is 0 Å². The fourth-order valence-corrected chi connectivity index (χ4v) is 2.24. The SMILES string of the molecule is O=C(NC1CCCC1)c1nc(Cl)ccc1Cl. The molecule has 0 bridgehead atoms. The first-order valence-corrected chi connectivity index (χ1v) is 6.05. The van der Waals surface area contributed by atoms with Crippen molar-refractivity contribution in [3.63, 3.8) is 0 Å². The van der Waals surface area contributed by atoms with Crippen molar-refractivity contribution in [1.29, 1.82) is 0 Å². The summed E-state index contributed by atoms with van der Waals surface area (Å²) in [5.41, 5.74) is 0.209. The number of nitrogens with zero attached hydrogens (tertiary/aromatic N) is 1. The molecule has 1 aliphatic carbocycles. The fourth-order valence-electron chi connectivity index (χ4n) is 1.90. The molecule has 3 nitrogen and oxygen atoms in total. The van der Waals surface area contributed by atoms with Gasteiger partial charge in [0.25, 0.3) is 5.91 Å². The summed E-state index contributed by atoms with van der Waals surface area (Å²) in [4.78, 5) is 15.8. The molecule has 0 saturated heterocycles. The lowest BCUT2D eigenvalue weighted by Crippen LogP contribution is -2.33. The van der Waals surface area contributed by atoms with Gasteiger partial charge in [0.15, 0.2) is 0 Å². The number of nitrogens with one attached hydrogen (secondary N) is 1. The van der Waals surface area contributed by atoms with Gasteiger partial charge in [0.1, 0.15) is 10.8 Å². The van der Waals surface area contributed by atoms with Crippen LogP contribution in [0.15, 0.2) is 12.1 Å². The van der Waals surface area contributed by atoms with Crippen LogP contribution in [-0.2, 0) is 0 Å². The Morgan fingerprint density at radius 3 is 2.69 bits per heavy atom. The van der Waals surface area contributed by atoms with Crippen molar-refractivity contribution in [2.75, 3.05) is 0 Å². The van der Waals surface area contributed by atoms with E-state index in [4.69, 9.17) is 23.2 Å². The van der Waals surface area contributed by atoms with E-state index in [-0.39, 0.29) is 22.8 Å². The minimum absolute atomic E-state index is 0.209. The molecule has 1 heterocycles. The van der Waals surface area contributed by atoms with Gasteiger partial charge >= 0.3 is 0 Å². The zero-order valence-corrected chi connectivity index (χ0v) is 10.2. The summed E-state index contributed by atoms with van der Waals surface area (Å²) < 4.78 is 0. The minimum Gasteiger partial charge on any atom is -0.348 e. The number of hydrogen-bond acceptors (Lipinski definition) is 2. The molecule has 5 heteroatoms. The summed E-state index contributed by atoms with van der Waals surface area (Å²) >= 11 is 11.6. The molecule has 1 aromatic rings. The molecule has 0 aliphatic heterocycles. The lowest BCUT2D eigenvalue weighted by atomic mass is 10.2. The Morgan fingerprint density at radius 2 is 2.00 bits per heavy atom. The number of halogens is 2. The third-order valence-corrected chi connectivity index (χ3v) is 3.23. The van der Waals surface area contributed by atoms with E-state index in [0.717, 1.165) is 12.8 Å². The summed E-state index contributed by atoms with van der Waals surface area (Å²) in [5, 5.41) is 3.53. The van der Waals surface area contributed by atoms with E-state index in [1.807, 2.05) is 0 Å². The van der Waals surface area contributed by atoms with E-state index in [9.17, 15) is 4.79 Å². The van der Waals surface area contributed by atoms with Crippen LogP contribution < -0.4 is 5.32 Å². The zero-order chi connectivity index (χ0) is 11.5. The van der Waals surface area contributed by atoms with Crippen LogP contribution in [-0.4, -0.2) is 16.9 Å². The summed E-state index contributed by atoms with van der Waals surface area (Å²) in [6.07, 6.45) is 4.40. The highest BCUT2D eigenvalue weighted by Gasteiger charge is 2.20. The molecule has 1 fully saturated rings. The number of carbonyl (C=O) groups excluding carboxylic acids is 1. The van der Waals surface area contributed by atoms with Crippen LogP contribution in [0, 0.1) is 0 Å². The van der Waals surface area contributed by atoms with E-state index < -0.39 is 0 Å². The first kappa shape index (κ1) is 11.7. The van der Waals surface area contributed by atoms with Crippen molar-refractivity contribution in [3.8, 4) is 0 Å². The van der Waals surface area contributed by atoms with Crippen molar-refractivity contribution < 1.29 is 4.79 Å². The molecular weight excluding hydrogens is 247 g/mol. The number of amides is 1. The lowest BCUT2D eigenvalue weighted by molar-refractivity contribution is 0.0933. The minimum atomic E-state index is -0.237. The van der Waals surface area contributed by atoms with E-state index in [0.29, 0.717) is 5.02 Å². The number of rotatable bonds is 2. The first-order chi connectivity index (χ1) is 7.66. The second kappa shape index (κ2) is 5.02. The number of hydrogen-bond donors (Lipinski definition) is 1. The average Bonchev–Trinajstić information content (AvgIpc) is 2.74. The van der Waals surface area contributed by atoms with Crippen LogP contribution in [0.1, 0.15) is 36.2 Å². The molecule has 2 rings (SSSR count). The van der Waals surface area contributed by atoms with Gasteiger partial charge in [-0.1, -0.05) is 36.0 Å². The van der Waals surface area contributed by atoms with E-state index in [2.05, 4.69) is 10.3 Å². The molecule has 1 saturated carbocycles. The molecule has 0 unspecified atom stereocenters. The molecule has 1 aliphatic rings. The molecule has 0 atom stereocenters. The monoisotopic (exact) mass is 258 g/mol. The Kier molecular flexibility index (Phi) is 3.66. The maximum atomic E-state index is 11.9. The van der Waals surface area contributed by atoms with Crippen LogP contribution >= 0.6 is 23.2 Å². The van der Waals surface area contributed by atoms with Crippen LogP contribution in [0.3, 0.4) is 0 Å². The zero-order valence-electron chi connectivity index (χ0n) is 8.67. The standard InChI is InChI=1S/C11H12Cl2N2O/c12-8-5-6-9(13)15-10(8)11(16)14-7-3-1-2-4-7/h5-7H,1-4H2,(H,14,16). The third-order valence-electron chi connectivity index (χ3n) is 2.72. The number of aromatic nitrogens is 1. The molecule has 1 amide bonds. The van der Waals surface area contributed by atoms with Gasteiger partial charge in [-0.2, -0.15) is 0 Å². The molecule has 1 aromatic heterocycles. The third kappa shape index (κ3) is 2.66. The second-order valence-corrected chi connectivity index (χ2v) is 4.71. The Bertz CT molecular complexity index is 403. The van der Waals surface area contributed by atoms with Gasteiger partial charge in [-0.25, -0.2) is 4.98 Å². The van der Waals surface area contributed by atoms with Crippen LogP contribution in [0.4, 0.5) is 0 Å². The van der Waals surface area contributed by atoms with Gasteiger partial charge in [-0.05, 0) is 25.0 Å². The van der Waals surface area contributed by atoms with Crippen LogP contribution in [0.5, 0.6) is 0 Å². The maximum Gasteiger partial charge on any atom is 0.271 e. The van der Waals surface area contributed by atoms with Crippen molar-refractivity contribution >= 4 is 29.1 Å². The Labute approximate surface area is 104 Å². The molecule has 86 valence electrons. The topological polar surface area (TPSA) is 42.0 Å². The molecule has 1 N–H and O–H groups in total. The summed E-state index contributed by atoms with van der Waals surface area (Å²) in [6.45, 7) is 0. The van der Waals surface area contributed by atoms with E-state index in [1.54, 1.807) is 12.1 Å². The Balaban J connectivity index is 2.10. The summed E-state index contributed by atoms with van der Waals surface area (Å²) in [6, 6.07) is 3.40. The predicted octanol–water partition coefficient (Wildman–Crippen LogP) is 3.06. The Hall–Kier alpha value is -0.800. The summed E-state index contributed by atoms with van der Waals surface area (Å²) in [7, 11) is 0. The molecule has 16 heavy (non-hydrogen) atoms. The first-order valence-electron chi connectivity index (χ1n) is 5.30. The fraction of sp³-hybridized carbons (Fsp3) is 0.455. The van der Waals surface area contributed by atoms with Gasteiger partial charge in [0.05, 0.1) is 5.02 Å². The van der Waals surface area contributed by atoms with Crippen molar-refractivity contribution in [1.82, 2.24) is 10.3 Å². The largest absolute Gasteiger partial charge is 0.348 e. The van der Waals surface area contributed by atoms with Gasteiger partial charge in [0, 0.05) is 6.04 Å². The maximum absolute atomic E-state index is 11.9. The smallest absolute Gasteiger partial charge is 0.271 e. The molecule has 0 spiro atoms. The van der Waals surface area contributed by atoms with E-state index >= 15 is 0 Å². The van der Waals surface area contributed by atoms with Gasteiger partial charge in [-0.3, -0.25) is 4.79 Å². The van der Waals surface area contributed by atoms with E-state index in [1.165, 1.54) is 12.8 Å². The lowest BCUT2D eigenvalue weighted by Gasteiger charge is -2.11. The van der Waals surface area contributed by atoms with Crippen LogP contribution in [0.2, 0.25) is 10.2 Å². The highest BCUT2D eigenvalue weighted by Crippen LogP contribution is 2.20. The highest BCUT2D eigenvalue weighted by atomic mass is 35.5. The van der Waals surface area contributed by atoms with Gasteiger partial charge < -0.3 is 5.32 Å².